The molecule has 1 N–H and O–H groups in total. The first-order valence-corrected chi connectivity index (χ1v) is 9.25. The molecule has 0 saturated carbocycles. The van der Waals surface area contributed by atoms with E-state index in [0.717, 1.165) is 5.56 Å². The van der Waals surface area contributed by atoms with E-state index in [-0.39, 0.29) is 36.7 Å². The van der Waals surface area contributed by atoms with Gasteiger partial charge in [-0.05, 0) is 32.4 Å². The lowest BCUT2D eigenvalue weighted by Crippen LogP contribution is -2.48. The fraction of sp³-hybridized carbons (Fsp3) is 0.615. The third-order valence-electron chi connectivity index (χ3n) is 3.52. The Kier molecular flexibility index (Phi) is 4.39. The van der Waals surface area contributed by atoms with Gasteiger partial charge < -0.3 is 10.2 Å². The van der Waals surface area contributed by atoms with Gasteiger partial charge in [0.1, 0.15) is 0 Å². The van der Waals surface area contributed by atoms with E-state index in [9.17, 15) is 13.2 Å². The van der Waals surface area contributed by atoms with Crippen LogP contribution in [0.2, 0.25) is 0 Å². The number of urea groups is 1. The van der Waals surface area contributed by atoms with Gasteiger partial charge in [-0.15, -0.1) is 11.3 Å². The molecule has 1 aliphatic heterocycles. The molecule has 1 aliphatic rings. The van der Waals surface area contributed by atoms with Crippen LogP contribution in [-0.2, 0) is 9.84 Å². The maximum Gasteiger partial charge on any atom is 0.317 e. The van der Waals surface area contributed by atoms with Crippen molar-refractivity contribution in [2.45, 2.75) is 26.8 Å². The second kappa shape index (κ2) is 5.73. The molecule has 2 heterocycles. The first-order chi connectivity index (χ1) is 9.28. The zero-order valence-corrected chi connectivity index (χ0v) is 13.6. The molecule has 7 heteroatoms. The molecule has 0 radical (unpaired) electrons. The van der Waals surface area contributed by atoms with E-state index in [1.165, 1.54) is 9.75 Å². The molecule has 0 aromatic carbocycles. The van der Waals surface area contributed by atoms with E-state index >= 15 is 0 Å². The largest absolute Gasteiger partial charge is 0.331 e. The van der Waals surface area contributed by atoms with Gasteiger partial charge in [0.25, 0.3) is 0 Å². The predicted octanol–water partition coefficient (Wildman–Crippen LogP) is 1.87. The summed E-state index contributed by atoms with van der Waals surface area (Å²) in [7, 11) is -2.95. The standard InChI is InChI=1S/C13H20N2O3S2/c1-9-8-12(11(3)19-9)10(2)14-13(16)15-4-6-20(17,18)7-5-15/h8,10H,4-7H2,1-3H3,(H,14,16)/t10-/m0/s1. The van der Waals surface area contributed by atoms with Crippen LogP contribution >= 0.6 is 11.3 Å². The molecule has 1 fully saturated rings. The maximum atomic E-state index is 12.1. The summed E-state index contributed by atoms with van der Waals surface area (Å²) in [6, 6.07) is 1.84. The first-order valence-electron chi connectivity index (χ1n) is 6.61. The molecule has 112 valence electrons. The number of amides is 2. The van der Waals surface area contributed by atoms with Crippen LogP contribution in [0.15, 0.2) is 6.07 Å². The Morgan fingerprint density at radius 2 is 1.95 bits per heavy atom. The highest BCUT2D eigenvalue weighted by molar-refractivity contribution is 7.91. The number of thiophene rings is 1. The number of rotatable bonds is 2. The third-order valence-corrected chi connectivity index (χ3v) is 6.11. The summed E-state index contributed by atoms with van der Waals surface area (Å²) in [6.07, 6.45) is 0. The van der Waals surface area contributed by atoms with Crippen molar-refractivity contribution in [1.29, 1.82) is 0 Å². The second-order valence-corrected chi connectivity index (χ2v) is 8.94. The van der Waals surface area contributed by atoms with Gasteiger partial charge in [0, 0.05) is 22.8 Å². The normalized spacial score (nSPS) is 19.6. The lowest BCUT2D eigenvalue weighted by atomic mass is 10.1. The molecular weight excluding hydrogens is 296 g/mol. The molecule has 0 spiro atoms. The quantitative estimate of drug-likeness (QED) is 0.906. The van der Waals surface area contributed by atoms with Crippen molar-refractivity contribution in [3.63, 3.8) is 0 Å². The van der Waals surface area contributed by atoms with Gasteiger partial charge in [-0.3, -0.25) is 0 Å². The number of sulfone groups is 1. The summed E-state index contributed by atoms with van der Waals surface area (Å²) in [5.74, 6) is 0.122. The van der Waals surface area contributed by atoms with Gasteiger partial charge in [-0.25, -0.2) is 13.2 Å². The van der Waals surface area contributed by atoms with E-state index in [0.29, 0.717) is 0 Å². The fourth-order valence-electron chi connectivity index (χ4n) is 2.35. The molecular formula is C13H20N2O3S2. The van der Waals surface area contributed by atoms with E-state index in [1.807, 2.05) is 20.8 Å². The minimum Gasteiger partial charge on any atom is -0.331 e. The van der Waals surface area contributed by atoms with Gasteiger partial charge in [0.2, 0.25) is 0 Å². The van der Waals surface area contributed by atoms with Crippen LogP contribution in [0.25, 0.3) is 0 Å². The zero-order chi connectivity index (χ0) is 14.9. The average molecular weight is 316 g/mol. The van der Waals surface area contributed by atoms with Crippen molar-refractivity contribution in [2.24, 2.45) is 0 Å². The molecule has 0 bridgehead atoms. The average Bonchev–Trinajstić information content (AvgIpc) is 2.68. The highest BCUT2D eigenvalue weighted by Gasteiger charge is 2.26. The summed E-state index contributed by atoms with van der Waals surface area (Å²) in [5.41, 5.74) is 1.13. The Morgan fingerprint density at radius 1 is 1.35 bits per heavy atom. The monoisotopic (exact) mass is 316 g/mol. The molecule has 2 rings (SSSR count). The Morgan fingerprint density at radius 3 is 2.45 bits per heavy atom. The topological polar surface area (TPSA) is 66.5 Å². The van der Waals surface area contributed by atoms with Crippen molar-refractivity contribution >= 4 is 27.2 Å². The summed E-state index contributed by atoms with van der Waals surface area (Å²) in [6.45, 7) is 6.60. The predicted molar refractivity (Wildman–Crippen MR) is 81.0 cm³/mol. The summed E-state index contributed by atoms with van der Waals surface area (Å²) >= 11 is 1.72. The van der Waals surface area contributed by atoms with Crippen molar-refractivity contribution in [2.75, 3.05) is 24.6 Å². The summed E-state index contributed by atoms with van der Waals surface area (Å²) in [5, 5.41) is 2.95. The SMILES string of the molecule is Cc1cc([C@H](C)NC(=O)N2CCS(=O)(=O)CC2)c(C)s1. The molecule has 20 heavy (non-hydrogen) atoms. The Balaban J connectivity index is 1.96. The lowest BCUT2D eigenvalue weighted by molar-refractivity contribution is 0.199. The summed E-state index contributed by atoms with van der Waals surface area (Å²) < 4.78 is 22.7. The van der Waals surface area contributed by atoms with Crippen LogP contribution < -0.4 is 5.32 Å². The van der Waals surface area contributed by atoms with E-state index < -0.39 is 9.84 Å². The molecule has 0 unspecified atom stereocenters. The maximum absolute atomic E-state index is 12.1. The Bertz CT molecular complexity index is 593. The third kappa shape index (κ3) is 3.52. The highest BCUT2D eigenvalue weighted by Crippen LogP contribution is 2.26. The fourth-order valence-corrected chi connectivity index (χ4v) is 4.57. The van der Waals surface area contributed by atoms with Crippen molar-refractivity contribution in [1.82, 2.24) is 10.2 Å². The van der Waals surface area contributed by atoms with Gasteiger partial charge >= 0.3 is 6.03 Å². The zero-order valence-electron chi connectivity index (χ0n) is 12.0. The minimum absolute atomic E-state index is 0.0609. The molecule has 2 amide bonds. The number of hydrogen-bond acceptors (Lipinski definition) is 4. The van der Waals surface area contributed by atoms with Gasteiger partial charge in [-0.2, -0.15) is 0 Å². The number of carbonyl (C=O) groups excluding carboxylic acids is 1. The van der Waals surface area contributed by atoms with Crippen molar-refractivity contribution < 1.29 is 13.2 Å². The van der Waals surface area contributed by atoms with Crippen LogP contribution in [-0.4, -0.2) is 43.9 Å². The van der Waals surface area contributed by atoms with E-state index in [4.69, 9.17) is 0 Å². The highest BCUT2D eigenvalue weighted by atomic mass is 32.2. The number of carbonyl (C=O) groups is 1. The smallest absolute Gasteiger partial charge is 0.317 e. The van der Waals surface area contributed by atoms with Crippen molar-refractivity contribution in [3.05, 3.63) is 21.4 Å². The molecule has 1 aromatic rings. The number of hydrogen-bond donors (Lipinski definition) is 1. The van der Waals surface area contributed by atoms with Crippen LogP contribution in [0.1, 0.15) is 28.3 Å². The summed E-state index contributed by atoms with van der Waals surface area (Å²) in [4.78, 5) is 16.1. The van der Waals surface area contributed by atoms with Crippen molar-refractivity contribution in [3.8, 4) is 0 Å². The minimum atomic E-state index is -2.95. The van der Waals surface area contributed by atoms with Crippen LogP contribution in [0.3, 0.4) is 0 Å². The second-order valence-electron chi connectivity index (χ2n) is 5.18. The van der Waals surface area contributed by atoms with Crippen LogP contribution in [0.4, 0.5) is 4.79 Å². The van der Waals surface area contributed by atoms with Gasteiger partial charge in [0.15, 0.2) is 9.84 Å². The number of nitrogens with one attached hydrogen (secondary N) is 1. The molecule has 1 atom stereocenters. The van der Waals surface area contributed by atoms with E-state index in [1.54, 1.807) is 16.2 Å². The Hall–Kier alpha value is -1.08. The molecule has 0 aliphatic carbocycles. The molecule has 1 aromatic heterocycles. The first kappa shape index (κ1) is 15.3. The van der Waals surface area contributed by atoms with Gasteiger partial charge in [-0.1, -0.05) is 0 Å². The van der Waals surface area contributed by atoms with E-state index in [2.05, 4.69) is 11.4 Å². The molecule has 1 saturated heterocycles. The van der Waals surface area contributed by atoms with Crippen LogP contribution in [0.5, 0.6) is 0 Å². The number of aryl methyl sites for hydroxylation is 2. The number of nitrogens with zero attached hydrogens (tertiary/aromatic N) is 1. The van der Waals surface area contributed by atoms with Gasteiger partial charge in [0.05, 0.1) is 17.5 Å². The van der Waals surface area contributed by atoms with Crippen LogP contribution in [0, 0.1) is 13.8 Å². The Labute approximate surface area is 123 Å². The molecule has 5 nitrogen and oxygen atoms in total. The lowest BCUT2D eigenvalue weighted by Gasteiger charge is -2.28.